The van der Waals surface area contributed by atoms with Crippen LogP contribution in [-0.2, 0) is 6.54 Å². The van der Waals surface area contributed by atoms with Gasteiger partial charge in [-0.15, -0.1) is 10.2 Å². The average molecular weight is 205 g/mol. The molecule has 4 heteroatoms. The van der Waals surface area contributed by atoms with Gasteiger partial charge in [0.05, 0.1) is 6.54 Å². The fraction of sp³-hybridized carbons (Fsp3) is 0.636. The Bertz CT molecular complexity index is 368. The van der Waals surface area contributed by atoms with Crippen LogP contribution in [0.2, 0.25) is 0 Å². The topological polar surface area (TPSA) is 42.2 Å². The molecular formula is C11H15N3O. The van der Waals surface area contributed by atoms with Gasteiger partial charge < -0.3 is 4.42 Å². The number of hydrogen-bond acceptors (Lipinski definition) is 4. The zero-order chi connectivity index (χ0) is 10.1. The molecule has 15 heavy (non-hydrogen) atoms. The first-order valence-electron chi connectivity index (χ1n) is 5.61. The molecular weight excluding hydrogens is 190 g/mol. The maximum atomic E-state index is 5.62. The first-order chi connectivity index (χ1) is 7.42. The third kappa shape index (κ3) is 2.09. The molecule has 1 aliphatic heterocycles. The lowest BCUT2D eigenvalue weighted by molar-refractivity contribution is 0.256. The summed E-state index contributed by atoms with van der Waals surface area (Å²) in [6, 6.07) is 0. The first-order valence-corrected chi connectivity index (χ1v) is 5.61. The van der Waals surface area contributed by atoms with E-state index < -0.39 is 0 Å². The molecule has 0 bridgehead atoms. The minimum Gasteiger partial charge on any atom is -0.424 e. The van der Waals surface area contributed by atoms with Crippen molar-refractivity contribution in [2.45, 2.75) is 31.7 Å². The molecule has 0 aromatic carbocycles. The third-order valence-corrected chi connectivity index (χ3v) is 2.91. The molecule has 1 aromatic rings. The SMILES string of the molecule is C1=CCN(Cc2nnc(C3CC3)o2)CC1. The zero-order valence-corrected chi connectivity index (χ0v) is 8.72. The summed E-state index contributed by atoms with van der Waals surface area (Å²) in [7, 11) is 0. The van der Waals surface area contributed by atoms with Crippen LogP contribution in [0.3, 0.4) is 0 Å². The molecule has 1 aromatic heterocycles. The standard InChI is InChI=1S/C11H15N3O/c1-2-6-14(7-3-1)8-10-12-13-11(15-10)9-4-5-9/h1-2,9H,3-8H2. The van der Waals surface area contributed by atoms with Gasteiger partial charge in [-0.3, -0.25) is 4.90 Å². The minimum atomic E-state index is 0.563. The van der Waals surface area contributed by atoms with Crippen LogP contribution in [0, 0.1) is 0 Å². The Balaban J connectivity index is 1.62. The first kappa shape index (κ1) is 9.09. The fourth-order valence-corrected chi connectivity index (χ4v) is 1.85. The van der Waals surface area contributed by atoms with Gasteiger partial charge in [-0.1, -0.05) is 12.2 Å². The summed E-state index contributed by atoms with van der Waals surface area (Å²) < 4.78 is 5.62. The van der Waals surface area contributed by atoms with E-state index in [9.17, 15) is 0 Å². The van der Waals surface area contributed by atoms with E-state index in [2.05, 4.69) is 27.2 Å². The number of rotatable bonds is 3. The van der Waals surface area contributed by atoms with E-state index in [-0.39, 0.29) is 0 Å². The Labute approximate surface area is 89.0 Å². The second kappa shape index (κ2) is 3.77. The average Bonchev–Trinajstić information content (AvgIpc) is 3.02. The monoisotopic (exact) mass is 205 g/mol. The summed E-state index contributed by atoms with van der Waals surface area (Å²) in [5.74, 6) is 2.18. The molecule has 2 aliphatic rings. The Morgan fingerprint density at radius 3 is 3.00 bits per heavy atom. The molecule has 1 saturated carbocycles. The van der Waals surface area contributed by atoms with Crippen molar-refractivity contribution in [1.29, 1.82) is 0 Å². The molecule has 0 N–H and O–H groups in total. The summed E-state index contributed by atoms with van der Waals surface area (Å²) in [5.41, 5.74) is 0. The fourth-order valence-electron chi connectivity index (χ4n) is 1.85. The van der Waals surface area contributed by atoms with Gasteiger partial charge in [0.2, 0.25) is 11.8 Å². The van der Waals surface area contributed by atoms with E-state index in [0.29, 0.717) is 5.92 Å². The second-order valence-electron chi connectivity index (χ2n) is 4.30. The highest BCUT2D eigenvalue weighted by molar-refractivity contribution is 5.00. The van der Waals surface area contributed by atoms with Gasteiger partial charge in [-0.2, -0.15) is 0 Å². The van der Waals surface area contributed by atoms with Crippen molar-refractivity contribution in [1.82, 2.24) is 15.1 Å². The van der Waals surface area contributed by atoms with E-state index in [1.165, 1.54) is 12.8 Å². The van der Waals surface area contributed by atoms with Crippen molar-refractivity contribution in [2.75, 3.05) is 13.1 Å². The molecule has 1 aliphatic carbocycles. The lowest BCUT2D eigenvalue weighted by Crippen LogP contribution is -2.26. The van der Waals surface area contributed by atoms with Crippen LogP contribution in [0.25, 0.3) is 0 Å². The number of nitrogens with zero attached hydrogens (tertiary/aromatic N) is 3. The van der Waals surface area contributed by atoms with Gasteiger partial charge in [-0.05, 0) is 19.3 Å². The van der Waals surface area contributed by atoms with Crippen LogP contribution < -0.4 is 0 Å². The van der Waals surface area contributed by atoms with Crippen molar-refractivity contribution in [3.63, 3.8) is 0 Å². The predicted molar refractivity (Wildman–Crippen MR) is 55.3 cm³/mol. The van der Waals surface area contributed by atoms with Gasteiger partial charge in [-0.25, -0.2) is 0 Å². The molecule has 80 valence electrons. The van der Waals surface area contributed by atoms with E-state index in [1.807, 2.05) is 0 Å². The Hall–Kier alpha value is -1.16. The molecule has 4 nitrogen and oxygen atoms in total. The summed E-state index contributed by atoms with van der Waals surface area (Å²) in [6.45, 7) is 2.89. The number of aromatic nitrogens is 2. The van der Waals surface area contributed by atoms with Crippen molar-refractivity contribution < 1.29 is 4.42 Å². The normalized spacial score (nSPS) is 22.1. The summed E-state index contributed by atoms with van der Waals surface area (Å²) in [6.07, 6.45) is 7.98. The maximum Gasteiger partial charge on any atom is 0.230 e. The quantitative estimate of drug-likeness (QED) is 0.704. The van der Waals surface area contributed by atoms with Gasteiger partial charge in [0, 0.05) is 19.0 Å². The van der Waals surface area contributed by atoms with Crippen LogP contribution in [0.4, 0.5) is 0 Å². The molecule has 0 atom stereocenters. The molecule has 2 heterocycles. The second-order valence-corrected chi connectivity index (χ2v) is 4.30. The Morgan fingerprint density at radius 2 is 2.27 bits per heavy atom. The summed E-state index contributed by atoms with van der Waals surface area (Å²) >= 11 is 0. The van der Waals surface area contributed by atoms with Crippen LogP contribution in [0.1, 0.15) is 37.0 Å². The Kier molecular flexibility index (Phi) is 2.29. The highest BCUT2D eigenvalue weighted by Gasteiger charge is 2.29. The molecule has 3 rings (SSSR count). The summed E-state index contributed by atoms with van der Waals surface area (Å²) in [4.78, 5) is 2.32. The molecule has 0 radical (unpaired) electrons. The van der Waals surface area contributed by atoms with Gasteiger partial charge >= 0.3 is 0 Å². The van der Waals surface area contributed by atoms with Crippen LogP contribution in [0.5, 0.6) is 0 Å². The largest absolute Gasteiger partial charge is 0.424 e. The minimum absolute atomic E-state index is 0.563. The molecule has 0 saturated heterocycles. The highest BCUT2D eigenvalue weighted by atomic mass is 16.4. The van der Waals surface area contributed by atoms with Crippen LogP contribution in [-0.4, -0.2) is 28.2 Å². The Morgan fingerprint density at radius 1 is 1.33 bits per heavy atom. The summed E-state index contributed by atoms with van der Waals surface area (Å²) in [5, 5.41) is 8.17. The molecule has 0 unspecified atom stereocenters. The highest BCUT2D eigenvalue weighted by Crippen LogP contribution is 2.39. The van der Waals surface area contributed by atoms with Crippen molar-refractivity contribution in [2.24, 2.45) is 0 Å². The van der Waals surface area contributed by atoms with E-state index >= 15 is 0 Å². The van der Waals surface area contributed by atoms with Gasteiger partial charge in [0.25, 0.3) is 0 Å². The van der Waals surface area contributed by atoms with Crippen LogP contribution >= 0.6 is 0 Å². The lowest BCUT2D eigenvalue weighted by atomic mass is 10.2. The molecule has 0 spiro atoms. The smallest absolute Gasteiger partial charge is 0.230 e. The van der Waals surface area contributed by atoms with E-state index in [4.69, 9.17) is 4.42 Å². The molecule has 0 amide bonds. The van der Waals surface area contributed by atoms with E-state index in [0.717, 1.165) is 37.8 Å². The maximum absolute atomic E-state index is 5.62. The predicted octanol–water partition coefficient (Wildman–Crippen LogP) is 1.71. The molecule has 1 fully saturated rings. The van der Waals surface area contributed by atoms with Crippen LogP contribution in [0.15, 0.2) is 16.6 Å². The van der Waals surface area contributed by atoms with Gasteiger partial charge in [0.1, 0.15) is 0 Å². The van der Waals surface area contributed by atoms with Crippen molar-refractivity contribution in [3.8, 4) is 0 Å². The number of hydrogen-bond donors (Lipinski definition) is 0. The lowest BCUT2D eigenvalue weighted by Gasteiger charge is -2.20. The van der Waals surface area contributed by atoms with Gasteiger partial charge in [0.15, 0.2) is 0 Å². The van der Waals surface area contributed by atoms with Crippen molar-refractivity contribution in [3.05, 3.63) is 23.9 Å². The van der Waals surface area contributed by atoms with Crippen molar-refractivity contribution >= 4 is 0 Å². The zero-order valence-electron chi connectivity index (χ0n) is 8.72. The van der Waals surface area contributed by atoms with E-state index in [1.54, 1.807) is 0 Å². The third-order valence-electron chi connectivity index (χ3n) is 2.91.